The van der Waals surface area contributed by atoms with Crippen LogP contribution in [-0.2, 0) is 4.74 Å². The van der Waals surface area contributed by atoms with Crippen LogP contribution in [-0.4, -0.2) is 30.0 Å². The molecule has 0 amide bonds. The Balaban J connectivity index is 0.000000243. The van der Waals surface area contributed by atoms with Gasteiger partial charge in [-0.1, -0.05) is 0 Å². The highest BCUT2D eigenvalue weighted by Gasteiger charge is 2.13. The molecule has 4 nitrogen and oxygen atoms in total. The van der Waals surface area contributed by atoms with E-state index < -0.39 is 11.8 Å². The van der Waals surface area contributed by atoms with E-state index in [1.165, 1.54) is 25.9 Å². The van der Waals surface area contributed by atoms with E-state index >= 15 is 0 Å². The van der Waals surface area contributed by atoms with Gasteiger partial charge >= 0.3 is 6.16 Å². The number of carboxylic acid groups (broad SMARTS) is 1. The van der Waals surface area contributed by atoms with Crippen LogP contribution in [0.15, 0.2) is 0 Å². The summed E-state index contributed by atoms with van der Waals surface area (Å²) in [5, 5.41) is 11.2. The molecule has 0 aromatic heterocycles. The second-order valence-electron chi connectivity index (χ2n) is 3.94. The summed E-state index contributed by atoms with van der Waals surface area (Å²) >= 11 is 0. The summed E-state index contributed by atoms with van der Waals surface area (Å²) < 4.78 is 4.35. The molecule has 1 rings (SSSR count). The van der Waals surface area contributed by atoms with Crippen molar-refractivity contribution in [3.05, 3.63) is 0 Å². The number of hydrogen-bond acceptors (Lipinski definition) is 3. The molecule has 78 valence electrons. The standard InChI is InChI=1S/C5H10O3.C4H9N/c1-5(2,3)8-4(6)7;1-2-4-5-3-1/h1-3H3,(H,6,7);5H,1-4H2. The summed E-state index contributed by atoms with van der Waals surface area (Å²) in [5.74, 6) is 0. The number of nitrogens with one attached hydrogen (secondary N) is 1. The number of rotatable bonds is 0. The summed E-state index contributed by atoms with van der Waals surface area (Å²) in [6, 6.07) is 0. The molecule has 0 radical (unpaired) electrons. The van der Waals surface area contributed by atoms with Gasteiger partial charge in [-0.05, 0) is 46.7 Å². The average Bonchev–Trinajstić information content (AvgIpc) is 2.33. The van der Waals surface area contributed by atoms with Crippen molar-refractivity contribution in [1.29, 1.82) is 0 Å². The Hall–Kier alpha value is -0.770. The molecular formula is C9H19NO3. The quantitative estimate of drug-likeness (QED) is 0.571. The van der Waals surface area contributed by atoms with Crippen molar-refractivity contribution in [2.75, 3.05) is 13.1 Å². The molecule has 0 saturated carbocycles. The molecule has 0 bridgehead atoms. The molecule has 1 aliphatic heterocycles. The maximum absolute atomic E-state index is 9.79. The summed E-state index contributed by atoms with van der Waals surface area (Å²) in [6.07, 6.45) is 1.55. The third-order valence-corrected chi connectivity index (χ3v) is 1.35. The molecule has 0 aromatic rings. The van der Waals surface area contributed by atoms with Crippen molar-refractivity contribution < 1.29 is 14.6 Å². The molecule has 1 heterocycles. The summed E-state index contributed by atoms with van der Waals surface area (Å²) in [5.41, 5.74) is -0.578. The van der Waals surface area contributed by atoms with E-state index in [1.807, 2.05) is 0 Å². The Kier molecular flexibility index (Phi) is 5.46. The molecule has 0 atom stereocenters. The molecule has 0 unspecified atom stereocenters. The molecule has 0 aromatic carbocycles. The third-order valence-electron chi connectivity index (χ3n) is 1.35. The van der Waals surface area contributed by atoms with E-state index in [1.54, 1.807) is 20.8 Å². The van der Waals surface area contributed by atoms with Gasteiger partial charge in [0, 0.05) is 0 Å². The Labute approximate surface area is 79.3 Å². The first-order valence-electron chi connectivity index (χ1n) is 4.54. The lowest BCUT2D eigenvalue weighted by Gasteiger charge is -2.15. The van der Waals surface area contributed by atoms with E-state index in [-0.39, 0.29) is 0 Å². The lowest BCUT2D eigenvalue weighted by molar-refractivity contribution is 0.0150. The minimum atomic E-state index is -1.22. The fourth-order valence-electron chi connectivity index (χ4n) is 0.887. The molecule has 4 heteroatoms. The van der Waals surface area contributed by atoms with Gasteiger partial charge in [0.2, 0.25) is 0 Å². The van der Waals surface area contributed by atoms with Crippen LogP contribution in [0.5, 0.6) is 0 Å². The third kappa shape index (κ3) is 11.2. The predicted molar refractivity (Wildman–Crippen MR) is 51.0 cm³/mol. The van der Waals surface area contributed by atoms with E-state index in [0.29, 0.717) is 0 Å². The highest BCUT2D eigenvalue weighted by atomic mass is 16.7. The first kappa shape index (κ1) is 12.2. The highest BCUT2D eigenvalue weighted by molar-refractivity contribution is 5.57. The highest BCUT2D eigenvalue weighted by Crippen LogP contribution is 2.05. The first-order chi connectivity index (χ1) is 5.92. The zero-order chi connectivity index (χ0) is 10.3. The van der Waals surface area contributed by atoms with E-state index in [0.717, 1.165) is 0 Å². The van der Waals surface area contributed by atoms with Crippen molar-refractivity contribution >= 4 is 6.16 Å². The van der Waals surface area contributed by atoms with Gasteiger partial charge in [0.1, 0.15) is 5.60 Å². The molecule has 1 saturated heterocycles. The van der Waals surface area contributed by atoms with Gasteiger partial charge in [-0.3, -0.25) is 0 Å². The average molecular weight is 189 g/mol. The molecule has 2 N–H and O–H groups in total. The Morgan fingerprint density at radius 2 is 1.77 bits per heavy atom. The zero-order valence-electron chi connectivity index (χ0n) is 8.59. The van der Waals surface area contributed by atoms with E-state index in [9.17, 15) is 4.79 Å². The fourth-order valence-corrected chi connectivity index (χ4v) is 0.887. The van der Waals surface area contributed by atoms with Gasteiger partial charge in [-0.15, -0.1) is 0 Å². The van der Waals surface area contributed by atoms with Gasteiger partial charge in [0.15, 0.2) is 0 Å². The predicted octanol–water partition coefficient (Wildman–Crippen LogP) is 1.85. The Bertz CT molecular complexity index is 140. The maximum Gasteiger partial charge on any atom is 0.506 e. The van der Waals surface area contributed by atoms with Crippen LogP contribution in [0.1, 0.15) is 33.6 Å². The first-order valence-corrected chi connectivity index (χ1v) is 4.54. The van der Waals surface area contributed by atoms with Crippen LogP contribution < -0.4 is 5.32 Å². The molecule has 0 spiro atoms. The van der Waals surface area contributed by atoms with Gasteiger partial charge in [0.25, 0.3) is 0 Å². The maximum atomic E-state index is 9.79. The van der Waals surface area contributed by atoms with E-state index in [4.69, 9.17) is 5.11 Å². The zero-order valence-corrected chi connectivity index (χ0v) is 8.59. The Morgan fingerprint density at radius 1 is 1.31 bits per heavy atom. The summed E-state index contributed by atoms with van der Waals surface area (Å²) in [6.45, 7) is 7.54. The molecular weight excluding hydrogens is 170 g/mol. The smallest absolute Gasteiger partial charge is 0.450 e. The largest absolute Gasteiger partial charge is 0.506 e. The van der Waals surface area contributed by atoms with Crippen LogP contribution in [0, 0.1) is 0 Å². The van der Waals surface area contributed by atoms with Crippen LogP contribution >= 0.6 is 0 Å². The summed E-state index contributed by atoms with van der Waals surface area (Å²) in [7, 11) is 0. The van der Waals surface area contributed by atoms with Gasteiger partial charge in [-0.25, -0.2) is 4.79 Å². The second kappa shape index (κ2) is 5.80. The Morgan fingerprint density at radius 3 is 1.85 bits per heavy atom. The van der Waals surface area contributed by atoms with Gasteiger partial charge in [0.05, 0.1) is 0 Å². The summed E-state index contributed by atoms with van der Waals surface area (Å²) in [4.78, 5) is 9.79. The minimum absolute atomic E-state index is 0.578. The normalized spacial score (nSPS) is 15.9. The van der Waals surface area contributed by atoms with Crippen LogP contribution in [0.3, 0.4) is 0 Å². The minimum Gasteiger partial charge on any atom is -0.450 e. The van der Waals surface area contributed by atoms with Crippen LogP contribution in [0.25, 0.3) is 0 Å². The molecule has 1 aliphatic rings. The van der Waals surface area contributed by atoms with Gasteiger partial charge < -0.3 is 15.2 Å². The lowest BCUT2D eigenvalue weighted by Crippen LogP contribution is -2.22. The molecule has 13 heavy (non-hydrogen) atoms. The number of hydrogen-bond donors (Lipinski definition) is 2. The number of ether oxygens (including phenoxy) is 1. The van der Waals surface area contributed by atoms with E-state index in [2.05, 4.69) is 10.1 Å². The molecule has 1 fully saturated rings. The topological polar surface area (TPSA) is 58.6 Å². The fraction of sp³-hybridized carbons (Fsp3) is 0.889. The lowest BCUT2D eigenvalue weighted by atomic mass is 10.2. The van der Waals surface area contributed by atoms with Crippen molar-refractivity contribution in [3.8, 4) is 0 Å². The van der Waals surface area contributed by atoms with Gasteiger partial charge in [-0.2, -0.15) is 0 Å². The van der Waals surface area contributed by atoms with Crippen molar-refractivity contribution in [3.63, 3.8) is 0 Å². The van der Waals surface area contributed by atoms with Crippen LogP contribution in [0.4, 0.5) is 4.79 Å². The van der Waals surface area contributed by atoms with Crippen molar-refractivity contribution in [2.24, 2.45) is 0 Å². The van der Waals surface area contributed by atoms with Crippen LogP contribution in [0.2, 0.25) is 0 Å². The molecule has 0 aliphatic carbocycles. The SMILES string of the molecule is C1CCNC1.CC(C)(C)OC(=O)O. The second-order valence-corrected chi connectivity index (χ2v) is 3.94. The monoisotopic (exact) mass is 189 g/mol. The number of carbonyl (C=O) groups is 1. The van der Waals surface area contributed by atoms with Crippen molar-refractivity contribution in [2.45, 2.75) is 39.2 Å². The van der Waals surface area contributed by atoms with Crippen molar-refractivity contribution in [1.82, 2.24) is 5.32 Å².